The highest BCUT2D eigenvalue weighted by molar-refractivity contribution is 7.17. The summed E-state index contributed by atoms with van der Waals surface area (Å²) in [4.78, 5) is 4.41. The Morgan fingerprint density at radius 1 is 1.47 bits per heavy atom. The number of nitrogens with one attached hydrogen (secondary N) is 1. The SMILES string of the molecule is COC1(CNc2nccc3sccc23)CCC1. The van der Waals surface area contributed by atoms with Crippen LogP contribution in [0.2, 0.25) is 0 Å². The lowest BCUT2D eigenvalue weighted by molar-refractivity contribution is -0.0601. The highest BCUT2D eigenvalue weighted by Gasteiger charge is 2.36. The second-order valence-corrected chi connectivity index (χ2v) is 5.53. The van der Waals surface area contributed by atoms with Crippen LogP contribution in [0.1, 0.15) is 19.3 Å². The summed E-state index contributed by atoms with van der Waals surface area (Å²) in [7, 11) is 1.81. The van der Waals surface area contributed by atoms with Crippen molar-refractivity contribution in [3.05, 3.63) is 23.7 Å². The molecule has 0 bridgehead atoms. The van der Waals surface area contributed by atoms with E-state index in [-0.39, 0.29) is 5.60 Å². The number of anilines is 1. The van der Waals surface area contributed by atoms with E-state index >= 15 is 0 Å². The van der Waals surface area contributed by atoms with Gasteiger partial charge in [-0.2, -0.15) is 0 Å². The second kappa shape index (κ2) is 4.27. The minimum absolute atomic E-state index is 0.0415. The lowest BCUT2D eigenvalue weighted by atomic mass is 9.80. The first-order chi connectivity index (χ1) is 8.33. The molecule has 1 N–H and O–H groups in total. The molecule has 0 radical (unpaired) electrons. The first kappa shape index (κ1) is 11.0. The summed E-state index contributed by atoms with van der Waals surface area (Å²) in [5.41, 5.74) is 0.0415. The van der Waals surface area contributed by atoms with Gasteiger partial charge in [0.15, 0.2) is 0 Å². The molecule has 0 amide bonds. The number of aromatic nitrogens is 1. The third kappa shape index (κ3) is 1.91. The van der Waals surface area contributed by atoms with Gasteiger partial charge in [0, 0.05) is 29.9 Å². The van der Waals surface area contributed by atoms with E-state index in [1.165, 1.54) is 16.5 Å². The lowest BCUT2D eigenvalue weighted by Crippen LogP contribution is -2.45. The third-order valence-corrected chi connectivity index (χ3v) is 4.54. The molecular formula is C13H16N2OS. The van der Waals surface area contributed by atoms with Gasteiger partial charge in [-0.3, -0.25) is 0 Å². The molecule has 1 fully saturated rings. The van der Waals surface area contributed by atoms with Crippen LogP contribution in [0, 0.1) is 0 Å². The van der Waals surface area contributed by atoms with Crippen molar-refractivity contribution in [1.82, 2.24) is 4.98 Å². The van der Waals surface area contributed by atoms with Gasteiger partial charge < -0.3 is 10.1 Å². The Kier molecular flexibility index (Phi) is 2.76. The molecule has 4 heteroatoms. The molecule has 0 spiro atoms. The number of fused-ring (bicyclic) bond motifs is 1. The van der Waals surface area contributed by atoms with Crippen LogP contribution in [0.25, 0.3) is 10.1 Å². The smallest absolute Gasteiger partial charge is 0.134 e. The first-order valence-electron chi connectivity index (χ1n) is 5.94. The third-order valence-electron chi connectivity index (χ3n) is 3.66. The van der Waals surface area contributed by atoms with E-state index in [0.29, 0.717) is 0 Å². The molecule has 90 valence electrons. The van der Waals surface area contributed by atoms with Crippen molar-refractivity contribution >= 4 is 27.2 Å². The molecule has 0 atom stereocenters. The molecular weight excluding hydrogens is 232 g/mol. The molecule has 2 aromatic heterocycles. The van der Waals surface area contributed by atoms with Crippen molar-refractivity contribution < 1.29 is 4.74 Å². The molecule has 3 nitrogen and oxygen atoms in total. The minimum atomic E-state index is 0.0415. The molecule has 2 heterocycles. The van der Waals surface area contributed by atoms with Crippen molar-refractivity contribution in [2.75, 3.05) is 19.0 Å². The maximum absolute atomic E-state index is 5.60. The Morgan fingerprint density at radius 2 is 2.35 bits per heavy atom. The van der Waals surface area contributed by atoms with Gasteiger partial charge in [-0.05, 0) is 36.8 Å². The maximum Gasteiger partial charge on any atom is 0.134 e. The monoisotopic (exact) mass is 248 g/mol. The van der Waals surface area contributed by atoms with Crippen LogP contribution in [0.15, 0.2) is 23.7 Å². The fourth-order valence-corrected chi connectivity index (χ4v) is 3.09. The van der Waals surface area contributed by atoms with Gasteiger partial charge in [0.05, 0.1) is 5.60 Å². The van der Waals surface area contributed by atoms with Crippen LogP contribution in [0.4, 0.5) is 5.82 Å². The molecule has 17 heavy (non-hydrogen) atoms. The van der Waals surface area contributed by atoms with Crippen molar-refractivity contribution in [2.24, 2.45) is 0 Å². The maximum atomic E-state index is 5.60. The highest BCUT2D eigenvalue weighted by Crippen LogP contribution is 2.35. The van der Waals surface area contributed by atoms with E-state index in [1.807, 2.05) is 6.20 Å². The number of hydrogen-bond donors (Lipinski definition) is 1. The van der Waals surface area contributed by atoms with Crippen LogP contribution < -0.4 is 5.32 Å². The van der Waals surface area contributed by atoms with Gasteiger partial charge in [0.1, 0.15) is 5.82 Å². The number of thiophene rings is 1. The first-order valence-corrected chi connectivity index (χ1v) is 6.82. The molecule has 0 unspecified atom stereocenters. The number of pyridine rings is 1. The van der Waals surface area contributed by atoms with E-state index in [9.17, 15) is 0 Å². The average Bonchev–Trinajstić information content (AvgIpc) is 2.77. The predicted molar refractivity (Wildman–Crippen MR) is 71.7 cm³/mol. The van der Waals surface area contributed by atoms with E-state index in [1.54, 1.807) is 18.4 Å². The van der Waals surface area contributed by atoms with E-state index in [4.69, 9.17) is 4.74 Å². The predicted octanol–water partition coefficient (Wildman–Crippen LogP) is 3.28. The minimum Gasteiger partial charge on any atom is -0.376 e. The summed E-state index contributed by atoms with van der Waals surface area (Å²) < 4.78 is 6.88. The molecule has 2 aromatic rings. The summed E-state index contributed by atoms with van der Waals surface area (Å²) in [5, 5.41) is 6.75. The summed E-state index contributed by atoms with van der Waals surface area (Å²) in [6.45, 7) is 0.853. The molecule has 3 rings (SSSR count). The standard InChI is InChI=1S/C13H16N2OS/c1-16-13(5-2-6-13)9-15-12-10-4-8-17-11(10)3-7-14-12/h3-4,7-8H,2,5-6,9H2,1H3,(H,14,15). The van der Waals surface area contributed by atoms with Gasteiger partial charge in [-0.15, -0.1) is 11.3 Å². The van der Waals surface area contributed by atoms with E-state index in [2.05, 4.69) is 27.8 Å². The molecule has 0 aliphatic heterocycles. The van der Waals surface area contributed by atoms with Crippen molar-refractivity contribution in [3.8, 4) is 0 Å². The van der Waals surface area contributed by atoms with Crippen molar-refractivity contribution in [1.29, 1.82) is 0 Å². The normalized spacial score (nSPS) is 17.9. The fraction of sp³-hybridized carbons (Fsp3) is 0.462. The Labute approximate surface area is 105 Å². The van der Waals surface area contributed by atoms with Gasteiger partial charge >= 0.3 is 0 Å². The number of rotatable bonds is 4. The van der Waals surface area contributed by atoms with Crippen LogP contribution in [0.3, 0.4) is 0 Å². The topological polar surface area (TPSA) is 34.1 Å². The summed E-state index contributed by atoms with van der Waals surface area (Å²) in [5.74, 6) is 0.979. The average molecular weight is 248 g/mol. The Morgan fingerprint density at radius 3 is 3.06 bits per heavy atom. The van der Waals surface area contributed by atoms with E-state index < -0.39 is 0 Å². The summed E-state index contributed by atoms with van der Waals surface area (Å²) >= 11 is 1.75. The molecule has 0 aromatic carbocycles. The zero-order valence-corrected chi connectivity index (χ0v) is 10.7. The van der Waals surface area contributed by atoms with Crippen molar-refractivity contribution in [2.45, 2.75) is 24.9 Å². The quantitative estimate of drug-likeness (QED) is 0.901. The zero-order valence-electron chi connectivity index (χ0n) is 9.90. The Bertz CT molecular complexity index is 513. The largest absolute Gasteiger partial charge is 0.376 e. The highest BCUT2D eigenvalue weighted by atomic mass is 32.1. The summed E-state index contributed by atoms with van der Waals surface area (Å²) in [6, 6.07) is 4.18. The number of ether oxygens (including phenoxy) is 1. The van der Waals surface area contributed by atoms with Gasteiger partial charge in [0.25, 0.3) is 0 Å². The van der Waals surface area contributed by atoms with Gasteiger partial charge in [-0.1, -0.05) is 0 Å². The summed E-state index contributed by atoms with van der Waals surface area (Å²) in [6.07, 6.45) is 5.43. The molecule has 1 aliphatic rings. The number of methoxy groups -OCH3 is 1. The van der Waals surface area contributed by atoms with Crippen LogP contribution >= 0.6 is 11.3 Å². The van der Waals surface area contributed by atoms with Gasteiger partial charge in [-0.25, -0.2) is 4.98 Å². The van der Waals surface area contributed by atoms with Gasteiger partial charge in [0.2, 0.25) is 0 Å². The molecule has 1 saturated carbocycles. The second-order valence-electron chi connectivity index (χ2n) is 4.59. The Hall–Kier alpha value is -1.13. The van der Waals surface area contributed by atoms with Crippen LogP contribution in [-0.4, -0.2) is 24.2 Å². The fourth-order valence-electron chi connectivity index (χ4n) is 2.30. The molecule has 1 aliphatic carbocycles. The number of hydrogen-bond acceptors (Lipinski definition) is 4. The van der Waals surface area contributed by atoms with Crippen LogP contribution in [-0.2, 0) is 4.74 Å². The van der Waals surface area contributed by atoms with Crippen molar-refractivity contribution in [3.63, 3.8) is 0 Å². The van der Waals surface area contributed by atoms with E-state index in [0.717, 1.165) is 25.2 Å². The zero-order chi connectivity index (χ0) is 11.7. The lowest BCUT2D eigenvalue weighted by Gasteiger charge is -2.40. The van der Waals surface area contributed by atoms with Crippen LogP contribution in [0.5, 0.6) is 0 Å². The number of nitrogens with zero attached hydrogens (tertiary/aromatic N) is 1. The Balaban J connectivity index is 1.78. The molecule has 0 saturated heterocycles.